The molecule has 96 valence electrons. The molecule has 1 aromatic carbocycles. The smallest absolute Gasteiger partial charge is 0.321 e. The first-order valence-corrected chi connectivity index (χ1v) is 5.86. The number of carbonyl (C=O) groups is 2. The number of nitrogens with one attached hydrogen (secondary N) is 1. The molecule has 1 N–H and O–H groups in total. The number of Topliss-reactive ketones (excluding diaryl/α,β-unsaturated/α-hetero) is 1. The van der Waals surface area contributed by atoms with E-state index in [4.69, 9.17) is 0 Å². The van der Waals surface area contributed by atoms with Gasteiger partial charge in [0.1, 0.15) is 0 Å². The fourth-order valence-corrected chi connectivity index (χ4v) is 1.50. The van der Waals surface area contributed by atoms with Gasteiger partial charge in [-0.25, -0.2) is 4.79 Å². The number of amides is 2. The minimum Gasteiger partial charge on any atom is -0.321 e. The lowest BCUT2D eigenvalue weighted by atomic mass is 10.1. The second-order valence-corrected chi connectivity index (χ2v) is 3.89. The minimum atomic E-state index is -0.173. The predicted octanol–water partition coefficient (Wildman–Crippen LogP) is 2.93. The van der Waals surface area contributed by atoms with Gasteiger partial charge in [-0.3, -0.25) is 4.79 Å². The molecular weight excluding hydrogens is 228 g/mol. The van der Waals surface area contributed by atoms with Gasteiger partial charge in [0.2, 0.25) is 0 Å². The van der Waals surface area contributed by atoms with Crippen molar-refractivity contribution >= 4 is 17.5 Å². The second-order valence-electron chi connectivity index (χ2n) is 3.89. The van der Waals surface area contributed by atoms with E-state index in [1.54, 1.807) is 35.2 Å². The zero-order valence-electron chi connectivity index (χ0n) is 10.8. The van der Waals surface area contributed by atoms with Gasteiger partial charge in [-0.2, -0.15) is 0 Å². The second kappa shape index (κ2) is 6.59. The lowest BCUT2D eigenvalue weighted by molar-refractivity contribution is 0.101. The molecule has 0 saturated carbocycles. The van der Waals surface area contributed by atoms with Gasteiger partial charge >= 0.3 is 6.03 Å². The molecular formula is C14H18N2O2. The number of nitrogens with zero attached hydrogens (tertiary/aromatic N) is 1. The van der Waals surface area contributed by atoms with Crippen LogP contribution in [0.3, 0.4) is 0 Å². The van der Waals surface area contributed by atoms with E-state index in [9.17, 15) is 9.59 Å². The van der Waals surface area contributed by atoms with Gasteiger partial charge in [0.05, 0.1) is 0 Å². The number of likely N-dealkylation sites (N-methyl/N-ethyl adjacent to an activating group) is 1. The standard InChI is InChI=1S/C14H18N2O2/c1-4-10-16(5-2)14(18)15-13-8-6-12(7-9-13)11(3)17/h4,6-9H,1,5,10H2,2-3H3,(H,15,18). The first kappa shape index (κ1) is 14.0. The van der Waals surface area contributed by atoms with Crippen LogP contribution in [0.5, 0.6) is 0 Å². The number of urea groups is 1. The summed E-state index contributed by atoms with van der Waals surface area (Å²) >= 11 is 0. The van der Waals surface area contributed by atoms with Gasteiger partial charge in [0.25, 0.3) is 0 Å². The molecule has 0 aliphatic heterocycles. The third kappa shape index (κ3) is 3.73. The average Bonchev–Trinajstić information content (AvgIpc) is 2.36. The van der Waals surface area contributed by atoms with Crippen LogP contribution in [-0.2, 0) is 0 Å². The number of carbonyl (C=O) groups excluding carboxylic acids is 2. The maximum atomic E-state index is 11.9. The first-order valence-electron chi connectivity index (χ1n) is 5.86. The molecule has 4 nitrogen and oxygen atoms in total. The summed E-state index contributed by atoms with van der Waals surface area (Å²) in [4.78, 5) is 24.6. The highest BCUT2D eigenvalue weighted by atomic mass is 16.2. The Kier molecular flexibility index (Phi) is 5.11. The van der Waals surface area contributed by atoms with E-state index in [0.717, 1.165) is 0 Å². The Hall–Kier alpha value is -2.10. The fraction of sp³-hybridized carbons (Fsp3) is 0.286. The fourth-order valence-electron chi connectivity index (χ4n) is 1.50. The number of anilines is 1. The van der Waals surface area contributed by atoms with Crippen LogP contribution in [0.4, 0.5) is 10.5 Å². The highest BCUT2D eigenvalue weighted by Gasteiger charge is 2.09. The lowest BCUT2D eigenvalue weighted by Gasteiger charge is -2.19. The third-order valence-electron chi connectivity index (χ3n) is 2.56. The van der Waals surface area contributed by atoms with E-state index in [2.05, 4.69) is 11.9 Å². The average molecular weight is 246 g/mol. The molecule has 4 heteroatoms. The van der Waals surface area contributed by atoms with Crippen LogP contribution in [0.2, 0.25) is 0 Å². The summed E-state index contributed by atoms with van der Waals surface area (Å²) in [6.45, 7) is 8.15. The Morgan fingerprint density at radius 1 is 1.33 bits per heavy atom. The predicted molar refractivity (Wildman–Crippen MR) is 72.9 cm³/mol. The van der Waals surface area contributed by atoms with Gasteiger partial charge in [-0.1, -0.05) is 6.08 Å². The van der Waals surface area contributed by atoms with Crippen molar-refractivity contribution in [3.8, 4) is 0 Å². The SMILES string of the molecule is C=CCN(CC)C(=O)Nc1ccc(C(C)=O)cc1. The molecule has 2 amide bonds. The molecule has 0 atom stereocenters. The van der Waals surface area contributed by atoms with Crippen molar-refractivity contribution in [2.24, 2.45) is 0 Å². The first-order chi connectivity index (χ1) is 8.58. The molecule has 0 spiro atoms. The molecule has 0 saturated heterocycles. The van der Waals surface area contributed by atoms with Crippen LogP contribution >= 0.6 is 0 Å². The Morgan fingerprint density at radius 2 is 1.94 bits per heavy atom. The van der Waals surface area contributed by atoms with E-state index in [1.165, 1.54) is 6.92 Å². The molecule has 0 aliphatic rings. The maximum absolute atomic E-state index is 11.9. The lowest BCUT2D eigenvalue weighted by Crippen LogP contribution is -2.34. The molecule has 0 heterocycles. The van der Waals surface area contributed by atoms with Crippen molar-refractivity contribution in [1.29, 1.82) is 0 Å². The van der Waals surface area contributed by atoms with Crippen molar-refractivity contribution in [2.45, 2.75) is 13.8 Å². The van der Waals surface area contributed by atoms with Gasteiger partial charge in [-0.05, 0) is 38.1 Å². The zero-order valence-corrected chi connectivity index (χ0v) is 10.8. The van der Waals surface area contributed by atoms with Crippen molar-refractivity contribution in [1.82, 2.24) is 4.90 Å². The Bertz CT molecular complexity index is 438. The molecule has 0 aromatic heterocycles. The van der Waals surface area contributed by atoms with Gasteiger partial charge in [0.15, 0.2) is 5.78 Å². The van der Waals surface area contributed by atoms with Crippen LogP contribution < -0.4 is 5.32 Å². The summed E-state index contributed by atoms with van der Waals surface area (Å²) in [6.07, 6.45) is 1.68. The van der Waals surface area contributed by atoms with E-state index >= 15 is 0 Å². The highest BCUT2D eigenvalue weighted by molar-refractivity contribution is 5.95. The monoisotopic (exact) mass is 246 g/mol. The van der Waals surface area contributed by atoms with Crippen LogP contribution in [0.15, 0.2) is 36.9 Å². The molecule has 0 aliphatic carbocycles. The number of rotatable bonds is 5. The summed E-state index contributed by atoms with van der Waals surface area (Å²) in [5.74, 6) is 0.00900. The third-order valence-corrected chi connectivity index (χ3v) is 2.56. The summed E-state index contributed by atoms with van der Waals surface area (Å²) in [5.41, 5.74) is 1.30. The van der Waals surface area contributed by atoms with Gasteiger partial charge in [0, 0.05) is 24.3 Å². The van der Waals surface area contributed by atoms with Gasteiger partial charge in [-0.15, -0.1) is 6.58 Å². The Labute approximate surface area is 107 Å². The number of hydrogen-bond donors (Lipinski definition) is 1. The van der Waals surface area contributed by atoms with Crippen LogP contribution in [-0.4, -0.2) is 29.8 Å². The van der Waals surface area contributed by atoms with Crippen molar-refractivity contribution in [3.05, 3.63) is 42.5 Å². The van der Waals surface area contributed by atoms with E-state index < -0.39 is 0 Å². The molecule has 0 fully saturated rings. The number of benzene rings is 1. The molecule has 0 unspecified atom stereocenters. The Balaban J connectivity index is 2.69. The highest BCUT2D eigenvalue weighted by Crippen LogP contribution is 2.10. The van der Waals surface area contributed by atoms with Crippen molar-refractivity contribution in [3.63, 3.8) is 0 Å². The number of hydrogen-bond acceptors (Lipinski definition) is 2. The Morgan fingerprint density at radius 3 is 2.39 bits per heavy atom. The van der Waals surface area contributed by atoms with E-state index in [1.807, 2.05) is 6.92 Å². The van der Waals surface area contributed by atoms with E-state index in [-0.39, 0.29) is 11.8 Å². The molecule has 1 aromatic rings. The van der Waals surface area contributed by atoms with Crippen molar-refractivity contribution in [2.75, 3.05) is 18.4 Å². The maximum Gasteiger partial charge on any atom is 0.322 e. The van der Waals surface area contributed by atoms with Gasteiger partial charge < -0.3 is 10.2 Å². The normalized spacial score (nSPS) is 9.67. The zero-order chi connectivity index (χ0) is 13.5. The van der Waals surface area contributed by atoms with Crippen LogP contribution in [0.1, 0.15) is 24.2 Å². The van der Waals surface area contributed by atoms with E-state index in [0.29, 0.717) is 24.3 Å². The largest absolute Gasteiger partial charge is 0.322 e. The summed E-state index contributed by atoms with van der Waals surface area (Å²) in [6, 6.07) is 6.66. The van der Waals surface area contributed by atoms with Crippen LogP contribution in [0, 0.1) is 0 Å². The minimum absolute atomic E-state index is 0.00900. The molecule has 18 heavy (non-hydrogen) atoms. The molecule has 0 radical (unpaired) electrons. The molecule has 0 bridgehead atoms. The number of ketones is 1. The van der Waals surface area contributed by atoms with Crippen LogP contribution in [0.25, 0.3) is 0 Å². The summed E-state index contributed by atoms with van der Waals surface area (Å²) in [7, 11) is 0. The molecule has 1 rings (SSSR count). The summed E-state index contributed by atoms with van der Waals surface area (Å²) in [5, 5.41) is 2.77. The van der Waals surface area contributed by atoms with Crippen molar-refractivity contribution < 1.29 is 9.59 Å². The summed E-state index contributed by atoms with van der Waals surface area (Å²) < 4.78 is 0. The topological polar surface area (TPSA) is 49.4 Å². The quantitative estimate of drug-likeness (QED) is 0.641.